The molecule has 156 valence electrons. The first kappa shape index (κ1) is 21.3. The van der Waals surface area contributed by atoms with Crippen LogP contribution in [0.1, 0.15) is 44.7 Å². The molecule has 0 saturated carbocycles. The van der Waals surface area contributed by atoms with E-state index in [-0.39, 0.29) is 35.4 Å². The second-order valence-electron chi connectivity index (χ2n) is 7.97. The van der Waals surface area contributed by atoms with Gasteiger partial charge in [0.05, 0.1) is 10.9 Å². The Labute approximate surface area is 172 Å². The summed E-state index contributed by atoms with van der Waals surface area (Å²) in [5.74, 6) is 0.704. The highest BCUT2D eigenvalue weighted by Crippen LogP contribution is 2.39. The predicted octanol–water partition coefficient (Wildman–Crippen LogP) is 3.51. The number of nitrogens with one attached hydrogen (secondary N) is 1. The maximum atomic E-state index is 12.5. The molecule has 1 N–H and O–H groups in total. The Bertz CT molecular complexity index is 958. The monoisotopic (exact) mass is 416 g/mol. The third kappa shape index (κ3) is 5.16. The number of hydrogen-bond donors (Lipinski definition) is 1. The molecule has 3 rings (SSSR count). The Balaban J connectivity index is 1.55. The molecule has 0 aromatic heterocycles. The lowest BCUT2D eigenvalue weighted by molar-refractivity contribution is -0.122. The number of hydrogen-bond acceptors (Lipinski definition) is 4. The molecule has 2 aromatic rings. The van der Waals surface area contributed by atoms with Gasteiger partial charge in [0, 0.05) is 32.0 Å². The number of carbonyl (C=O) groups excluding carboxylic acids is 1. The van der Waals surface area contributed by atoms with Crippen LogP contribution in [-0.4, -0.2) is 37.8 Å². The zero-order valence-electron chi connectivity index (χ0n) is 17.1. The van der Waals surface area contributed by atoms with Crippen molar-refractivity contribution in [1.29, 1.82) is 0 Å². The van der Waals surface area contributed by atoms with Crippen molar-refractivity contribution >= 4 is 15.9 Å². The highest BCUT2D eigenvalue weighted by Gasteiger charge is 2.34. The molecule has 0 unspecified atom stereocenters. The van der Waals surface area contributed by atoms with Crippen molar-refractivity contribution in [2.24, 2.45) is 0 Å². The van der Waals surface area contributed by atoms with E-state index in [0.717, 1.165) is 11.3 Å². The number of para-hydroxylation sites is 1. The summed E-state index contributed by atoms with van der Waals surface area (Å²) in [4.78, 5) is 12.8. The van der Waals surface area contributed by atoms with Gasteiger partial charge in [-0.25, -0.2) is 12.7 Å². The Kier molecular flexibility index (Phi) is 6.29. The number of fused-ring (bicyclic) bond motifs is 1. The first-order chi connectivity index (χ1) is 13.7. The zero-order valence-corrected chi connectivity index (χ0v) is 17.9. The fourth-order valence-corrected chi connectivity index (χ4v) is 4.78. The molecular weight excluding hydrogens is 388 g/mol. The summed E-state index contributed by atoms with van der Waals surface area (Å²) in [7, 11) is -2.00. The summed E-state index contributed by atoms with van der Waals surface area (Å²) < 4.78 is 32.4. The average Bonchev–Trinajstić information content (AvgIpc) is 2.67. The van der Waals surface area contributed by atoms with Crippen molar-refractivity contribution in [2.45, 2.75) is 49.6 Å². The predicted molar refractivity (Wildman–Crippen MR) is 112 cm³/mol. The molecule has 7 heteroatoms. The van der Waals surface area contributed by atoms with Gasteiger partial charge in [-0.15, -0.1) is 0 Å². The lowest BCUT2D eigenvalue weighted by Gasteiger charge is -2.37. The minimum Gasteiger partial charge on any atom is -0.487 e. The second-order valence-corrected chi connectivity index (χ2v) is 10.0. The molecular formula is C22H28N2O4S. The Morgan fingerprint density at radius 1 is 1.14 bits per heavy atom. The number of amides is 1. The topological polar surface area (TPSA) is 75.7 Å². The molecule has 29 heavy (non-hydrogen) atoms. The number of ether oxygens (including phenoxy) is 1. The molecule has 1 heterocycles. The van der Waals surface area contributed by atoms with E-state index in [2.05, 4.69) is 5.32 Å². The SMILES string of the molecule is CN(CCCC(=O)N[C@@H]1CC(C)(C)Oc2ccccc21)S(=O)(=O)c1ccccc1. The maximum Gasteiger partial charge on any atom is 0.242 e. The van der Waals surface area contributed by atoms with Crippen LogP contribution in [0.3, 0.4) is 0 Å². The van der Waals surface area contributed by atoms with Crippen LogP contribution in [0.2, 0.25) is 0 Å². The fraction of sp³-hybridized carbons (Fsp3) is 0.409. The average molecular weight is 417 g/mol. The molecule has 0 saturated heterocycles. The quantitative estimate of drug-likeness (QED) is 0.749. The highest BCUT2D eigenvalue weighted by molar-refractivity contribution is 7.89. The first-order valence-corrected chi connectivity index (χ1v) is 11.2. The highest BCUT2D eigenvalue weighted by atomic mass is 32.2. The minimum atomic E-state index is -3.53. The molecule has 1 amide bonds. The Hall–Kier alpha value is -2.38. The molecule has 0 spiro atoms. The molecule has 1 aliphatic heterocycles. The van der Waals surface area contributed by atoms with E-state index in [4.69, 9.17) is 4.74 Å². The van der Waals surface area contributed by atoms with Gasteiger partial charge in [-0.05, 0) is 38.5 Å². The van der Waals surface area contributed by atoms with E-state index in [1.54, 1.807) is 30.3 Å². The molecule has 2 aromatic carbocycles. The van der Waals surface area contributed by atoms with Crippen LogP contribution >= 0.6 is 0 Å². The van der Waals surface area contributed by atoms with Crippen LogP contribution in [0.15, 0.2) is 59.5 Å². The molecule has 0 radical (unpaired) electrons. The lowest BCUT2D eigenvalue weighted by Crippen LogP contribution is -2.41. The van der Waals surface area contributed by atoms with E-state index in [9.17, 15) is 13.2 Å². The van der Waals surface area contributed by atoms with Crippen molar-refractivity contribution in [3.05, 3.63) is 60.2 Å². The maximum absolute atomic E-state index is 12.5. The number of sulfonamides is 1. The zero-order chi connectivity index (χ0) is 21.1. The summed E-state index contributed by atoms with van der Waals surface area (Å²) in [5, 5.41) is 3.09. The standard InChI is InChI=1S/C22H28N2O4S/c1-22(2)16-19(18-12-7-8-13-20(18)28-22)23-21(25)14-9-15-24(3)29(26,27)17-10-5-4-6-11-17/h4-8,10-13,19H,9,14-16H2,1-3H3,(H,23,25)/t19-/m1/s1. The van der Waals surface area contributed by atoms with Crippen LogP contribution in [0, 0.1) is 0 Å². The summed E-state index contributed by atoms with van der Waals surface area (Å²) in [6, 6.07) is 15.9. The van der Waals surface area contributed by atoms with Crippen LogP contribution in [0.25, 0.3) is 0 Å². The number of nitrogens with zero attached hydrogens (tertiary/aromatic N) is 1. The third-order valence-electron chi connectivity index (χ3n) is 5.04. The van der Waals surface area contributed by atoms with Crippen molar-refractivity contribution in [2.75, 3.05) is 13.6 Å². The van der Waals surface area contributed by atoms with Gasteiger partial charge < -0.3 is 10.1 Å². The van der Waals surface area contributed by atoms with Gasteiger partial charge in [-0.1, -0.05) is 36.4 Å². The minimum absolute atomic E-state index is 0.0898. The van der Waals surface area contributed by atoms with Crippen molar-refractivity contribution in [1.82, 2.24) is 9.62 Å². The van der Waals surface area contributed by atoms with Gasteiger partial charge in [0.1, 0.15) is 11.4 Å². The largest absolute Gasteiger partial charge is 0.487 e. The molecule has 0 aliphatic carbocycles. The van der Waals surface area contributed by atoms with Gasteiger partial charge in [0.2, 0.25) is 15.9 Å². The van der Waals surface area contributed by atoms with Crippen LogP contribution < -0.4 is 10.1 Å². The van der Waals surface area contributed by atoms with Crippen molar-refractivity contribution < 1.29 is 17.9 Å². The molecule has 1 atom stereocenters. The summed E-state index contributed by atoms with van der Waals surface area (Å²) in [6.07, 6.45) is 1.38. The molecule has 1 aliphatic rings. The second kappa shape index (κ2) is 8.55. The van der Waals surface area contributed by atoms with Crippen LogP contribution in [-0.2, 0) is 14.8 Å². The molecule has 0 fully saturated rings. The summed E-state index contributed by atoms with van der Waals surface area (Å²) >= 11 is 0. The van der Waals surface area contributed by atoms with Gasteiger partial charge in [0.25, 0.3) is 0 Å². The third-order valence-corrected chi connectivity index (χ3v) is 6.91. The van der Waals surface area contributed by atoms with Crippen LogP contribution in [0.4, 0.5) is 0 Å². The van der Waals surface area contributed by atoms with E-state index < -0.39 is 10.0 Å². The lowest BCUT2D eigenvalue weighted by atomic mass is 9.89. The van der Waals surface area contributed by atoms with Crippen molar-refractivity contribution in [3.8, 4) is 5.75 Å². The van der Waals surface area contributed by atoms with E-state index in [0.29, 0.717) is 12.8 Å². The summed E-state index contributed by atoms with van der Waals surface area (Å²) in [6.45, 7) is 4.29. The first-order valence-electron chi connectivity index (χ1n) is 9.78. The van der Waals surface area contributed by atoms with Gasteiger partial charge in [-0.2, -0.15) is 0 Å². The molecule has 0 bridgehead atoms. The number of rotatable bonds is 7. The fourth-order valence-electron chi connectivity index (χ4n) is 3.55. The van der Waals surface area contributed by atoms with E-state index in [1.807, 2.05) is 38.1 Å². The van der Waals surface area contributed by atoms with Gasteiger partial charge >= 0.3 is 0 Å². The number of benzene rings is 2. The van der Waals surface area contributed by atoms with Gasteiger partial charge in [-0.3, -0.25) is 4.79 Å². The smallest absolute Gasteiger partial charge is 0.242 e. The van der Waals surface area contributed by atoms with E-state index in [1.165, 1.54) is 11.4 Å². The number of carbonyl (C=O) groups is 1. The van der Waals surface area contributed by atoms with E-state index >= 15 is 0 Å². The Morgan fingerprint density at radius 3 is 2.52 bits per heavy atom. The van der Waals surface area contributed by atoms with Crippen molar-refractivity contribution in [3.63, 3.8) is 0 Å². The Morgan fingerprint density at radius 2 is 1.79 bits per heavy atom. The van der Waals surface area contributed by atoms with Crippen LogP contribution in [0.5, 0.6) is 5.75 Å². The normalized spacial score (nSPS) is 18.0. The summed E-state index contributed by atoms with van der Waals surface area (Å²) in [5.41, 5.74) is 0.611. The molecule has 6 nitrogen and oxygen atoms in total. The van der Waals surface area contributed by atoms with Gasteiger partial charge in [0.15, 0.2) is 0 Å².